The average Bonchev–Trinajstić information content (AvgIpc) is 2.48. The molecule has 0 amide bonds. The molecule has 0 atom stereocenters. The molecule has 0 saturated heterocycles. The lowest BCUT2D eigenvalue weighted by Gasteiger charge is -2.30. The van der Waals surface area contributed by atoms with Gasteiger partial charge in [-0.25, -0.2) is 0 Å². The summed E-state index contributed by atoms with van der Waals surface area (Å²) in [4.78, 5) is 0. The number of hydrogen-bond acceptors (Lipinski definition) is 0. The molecule has 2 aromatic rings. The van der Waals surface area contributed by atoms with Gasteiger partial charge >= 0.3 is 0 Å². The Bertz CT molecular complexity index is 542. The first-order valence-electron chi connectivity index (χ1n) is 6.53. The van der Waals surface area contributed by atoms with Gasteiger partial charge in [-0.2, -0.15) is 0 Å². The molecule has 2 rings (SSSR count). The molecule has 0 aromatic heterocycles. The third kappa shape index (κ3) is 3.58. The van der Waals surface area contributed by atoms with Crippen molar-refractivity contribution in [3.8, 4) is 0 Å². The lowest BCUT2D eigenvalue weighted by Crippen LogP contribution is -2.33. The molecule has 0 fully saturated rings. The Kier molecular flexibility index (Phi) is 5.54. The highest BCUT2D eigenvalue weighted by atomic mass is 79.9. The van der Waals surface area contributed by atoms with Crippen LogP contribution in [0.3, 0.4) is 0 Å². The molecule has 0 nitrogen and oxygen atoms in total. The molecule has 0 heterocycles. The van der Waals surface area contributed by atoms with Crippen LogP contribution in [0.15, 0.2) is 53.0 Å². The van der Waals surface area contributed by atoms with Crippen LogP contribution in [-0.2, 0) is 11.8 Å². The quantitative estimate of drug-likeness (QED) is 0.590. The minimum Gasteiger partial charge on any atom is -0.126 e. The summed E-state index contributed by atoms with van der Waals surface area (Å²) in [6.07, 6.45) is 0.849. The Morgan fingerprint density at radius 1 is 0.900 bits per heavy atom. The summed E-state index contributed by atoms with van der Waals surface area (Å²) in [6, 6.07) is 16.8. The van der Waals surface area contributed by atoms with Gasteiger partial charge in [0.15, 0.2) is 0 Å². The fourth-order valence-electron chi connectivity index (χ4n) is 2.29. The fourth-order valence-corrected chi connectivity index (χ4v) is 3.33. The maximum absolute atomic E-state index is 6.28. The molecule has 106 valence electrons. The van der Waals surface area contributed by atoms with Crippen molar-refractivity contribution in [1.82, 2.24) is 0 Å². The van der Waals surface area contributed by atoms with Crippen LogP contribution in [0.5, 0.6) is 0 Å². The Balaban J connectivity index is 2.33. The molecule has 0 aliphatic rings. The van der Waals surface area contributed by atoms with Crippen LogP contribution in [0.1, 0.15) is 16.7 Å². The van der Waals surface area contributed by atoms with Crippen molar-refractivity contribution in [3.63, 3.8) is 0 Å². The van der Waals surface area contributed by atoms with E-state index in [1.165, 1.54) is 16.7 Å². The number of hydrogen-bond donors (Lipinski definition) is 0. The highest BCUT2D eigenvalue weighted by Gasteiger charge is 2.31. The van der Waals surface area contributed by atoms with Crippen LogP contribution in [-0.4, -0.2) is 11.8 Å². The molecular weight excluding hydrogens is 355 g/mol. The van der Waals surface area contributed by atoms with Gasteiger partial charge in [-0.05, 0) is 36.6 Å². The summed E-state index contributed by atoms with van der Waals surface area (Å²) in [5.41, 5.74) is 3.49. The van der Waals surface area contributed by atoms with Gasteiger partial charge in [0.25, 0.3) is 0 Å². The van der Waals surface area contributed by atoms with Crippen molar-refractivity contribution < 1.29 is 0 Å². The zero-order chi connectivity index (χ0) is 14.6. The maximum Gasteiger partial charge on any atom is 0.0335 e. The third-order valence-corrected chi connectivity index (χ3v) is 5.18. The van der Waals surface area contributed by atoms with Gasteiger partial charge in [-0.15, -0.1) is 23.2 Å². The van der Waals surface area contributed by atoms with E-state index in [1.807, 2.05) is 12.1 Å². The van der Waals surface area contributed by atoms with E-state index in [2.05, 4.69) is 59.3 Å². The van der Waals surface area contributed by atoms with E-state index in [0.717, 1.165) is 10.9 Å². The predicted octanol–water partition coefficient (Wildman–Crippen LogP) is 5.72. The number of halogens is 3. The monoisotopic (exact) mass is 370 g/mol. The van der Waals surface area contributed by atoms with Crippen molar-refractivity contribution in [1.29, 1.82) is 0 Å². The van der Waals surface area contributed by atoms with E-state index in [4.69, 9.17) is 23.2 Å². The van der Waals surface area contributed by atoms with Gasteiger partial charge in [0, 0.05) is 21.6 Å². The standard InChI is InChI=1S/C17H17BrCl2/c1-13-2-4-14(5-3-13)10-17(11-19,12-20)15-6-8-16(18)9-7-15/h2-9H,10-12H2,1H3. The maximum atomic E-state index is 6.28. The van der Waals surface area contributed by atoms with Crippen molar-refractivity contribution >= 4 is 39.1 Å². The largest absolute Gasteiger partial charge is 0.126 e. The van der Waals surface area contributed by atoms with Crippen LogP contribution < -0.4 is 0 Å². The summed E-state index contributed by atoms with van der Waals surface area (Å²) >= 11 is 16.0. The van der Waals surface area contributed by atoms with Gasteiger partial charge < -0.3 is 0 Å². The Labute approximate surface area is 139 Å². The molecule has 0 N–H and O–H groups in total. The SMILES string of the molecule is Cc1ccc(CC(CCl)(CCl)c2ccc(Br)cc2)cc1. The lowest BCUT2D eigenvalue weighted by atomic mass is 9.78. The summed E-state index contributed by atoms with van der Waals surface area (Å²) < 4.78 is 1.06. The van der Waals surface area contributed by atoms with E-state index >= 15 is 0 Å². The van der Waals surface area contributed by atoms with Gasteiger partial charge in [-0.3, -0.25) is 0 Å². The average molecular weight is 372 g/mol. The molecule has 0 spiro atoms. The van der Waals surface area contributed by atoms with E-state index in [-0.39, 0.29) is 5.41 Å². The second-order valence-corrected chi connectivity index (χ2v) is 6.67. The molecule has 0 unspecified atom stereocenters. The molecule has 0 radical (unpaired) electrons. The zero-order valence-electron chi connectivity index (χ0n) is 11.4. The summed E-state index contributed by atoms with van der Waals surface area (Å²) in [5, 5.41) is 0. The van der Waals surface area contributed by atoms with E-state index in [0.29, 0.717) is 11.8 Å². The van der Waals surface area contributed by atoms with Crippen LogP contribution in [0.25, 0.3) is 0 Å². The number of alkyl halides is 2. The second-order valence-electron chi connectivity index (χ2n) is 5.22. The van der Waals surface area contributed by atoms with Crippen molar-refractivity contribution in [2.24, 2.45) is 0 Å². The Morgan fingerprint density at radius 2 is 1.45 bits per heavy atom. The molecule has 0 saturated carbocycles. The Hall–Kier alpha value is -0.500. The summed E-state index contributed by atoms with van der Waals surface area (Å²) in [7, 11) is 0. The topological polar surface area (TPSA) is 0 Å². The predicted molar refractivity (Wildman–Crippen MR) is 92.1 cm³/mol. The number of rotatable bonds is 5. The van der Waals surface area contributed by atoms with Gasteiger partial charge in [0.1, 0.15) is 0 Å². The minimum absolute atomic E-state index is 0.223. The molecule has 0 aliphatic carbocycles. The van der Waals surface area contributed by atoms with Crippen LogP contribution in [0, 0.1) is 6.92 Å². The normalized spacial score (nSPS) is 11.6. The Morgan fingerprint density at radius 3 is 1.95 bits per heavy atom. The zero-order valence-corrected chi connectivity index (χ0v) is 14.5. The van der Waals surface area contributed by atoms with Gasteiger partial charge in [-0.1, -0.05) is 57.9 Å². The van der Waals surface area contributed by atoms with Crippen LogP contribution in [0.4, 0.5) is 0 Å². The van der Waals surface area contributed by atoms with E-state index in [1.54, 1.807) is 0 Å². The highest BCUT2D eigenvalue weighted by molar-refractivity contribution is 9.10. The van der Waals surface area contributed by atoms with Gasteiger partial charge in [0.05, 0.1) is 0 Å². The van der Waals surface area contributed by atoms with Crippen molar-refractivity contribution in [3.05, 3.63) is 69.7 Å². The lowest BCUT2D eigenvalue weighted by molar-refractivity contribution is 0.536. The smallest absolute Gasteiger partial charge is 0.0335 e. The summed E-state index contributed by atoms with van der Waals surface area (Å²) in [6.45, 7) is 2.09. The third-order valence-electron chi connectivity index (χ3n) is 3.63. The van der Waals surface area contributed by atoms with Gasteiger partial charge in [0.2, 0.25) is 0 Å². The van der Waals surface area contributed by atoms with E-state index in [9.17, 15) is 0 Å². The molecule has 20 heavy (non-hydrogen) atoms. The fraction of sp³-hybridized carbons (Fsp3) is 0.294. The second kappa shape index (κ2) is 6.98. The summed E-state index contributed by atoms with van der Waals surface area (Å²) in [5.74, 6) is 1.01. The number of aryl methyl sites for hydroxylation is 1. The first-order chi connectivity index (χ1) is 9.59. The first kappa shape index (κ1) is 15.9. The molecule has 0 aliphatic heterocycles. The van der Waals surface area contributed by atoms with E-state index < -0.39 is 0 Å². The minimum atomic E-state index is -0.223. The molecule has 3 heteroatoms. The number of benzene rings is 2. The van der Waals surface area contributed by atoms with Crippen LogP contribution in [0.2, 0.25) is 0 Å². The molecule has 2 aromatic carbocycles. The molecule has 0 bridgehead atoms. The van der Waals surface area contributed by atoms with Crippen LogP contribution >= 0.6 is 39.1 Å². The molecular formula is C17H17BrCl2. The highest BCUT2D eigenvalue weighted by Crippen LogP contribution is 2.32. The van der Waals surface area contributed by atoms with Crippen molar-refractivity contribution in [2.75, 3.05) is 11.8 Å². The first-order valence-corrected chi connectivity index (χ1v) is 8.39. The van der Waals surface area contributed by atoms with Crippen molar-refractivity contribution in [2.45, 2.75) is 18.8 Å².